The summed E-state index contributed by atoms with van der Waals surface area (Å²) in [6.07, 6.45) is -3.54. The molecule has 0 saturated heterocycles. The number of carbonyl (C=O) groups excluding carboxylic acids is 2. The van der Waals surface area contributed by atoms with E-state index >= 15 is 0 Å². The van der Waals surface area contributed by atoms with E-state index in [0.29, 0.717) is 5.56 Å². The van der Waals surface area contributed by atoms with Gasteiger partial charge in [-0.15, -0.1) is 6.58 Å². The molecular formula is C25H30F3NO4Si. The first kappa shape index (κ1) is 27.3. The Kier molecular flexibility index (Phi) is 8.85. The largest absolute Gasteiger partial charge is 0.469 e. The molecule has 2 aromatic carbocycles. The fraction of sp³-hybridized carbons (Fsp3) is 0.360. The summed E-state index contributed by atoms with van der Waals surface area (Å²) in [4.78, 5) is 25.2. The fourth-order valence-corrected chi connectivity index (χ4v) is 5.86. The maximum absolute atomic E-state index is 14.3. The van der Waals surface area contributed by atoms with Crippen molar-refractivity contribution >= 4 is 25.1 Å². The summed E-state index contributed by atoms with van der Waals surface area (Å²) in [6, 6.07) is 13.7. The van der Waals surface area contributed by atoms with Gasteiger partial charge in [-0.2, -0.15) is 13.2 Å². The number of methoxy groups -OCH3 is 2. The van der Waals surface area contributed by atoms with Crippen LogP contribution in [0.1, 0.15) is 23.6 Å². The van der Waals surface area contributed by atoms with E-state index in [1.165, 1.54) is 37.4 Å². The van der Waals surface area contributed by atoms with Gasteiger partial charge in [0.1, 0.15) is 0 Å². The number of benzene rings is 2. The lowest BCUT2D eigenvalue weighted by molar-refractivity contribution is -0.266. The Balaban J connectivity index is 2.48. The third-order valence-corrected chi connectivity index (χ3v) is 9.06. The average molecular weight is 494 g/mol. The van der Waals surface area contributed by atoms with Crippen LogP contribution in [0.4, 0.5) is 13.2 Å². The number of allylic oxidation sites excluding steroid dienone is 1. The second-order valence-electron chi connectivity index (χ2n) is 8.55. The van der Waals surface area contributed by atoms with Gasteiger partial charge >= 0.3 is 12.1 Å². The molecule has 0 saturated carbocycles. The van der Waals surface area contributed by atoms with Gasteiger partial charge in [-0.25, -0.2) is 0 Å². The second-order valence-corrected chi connectivity index (χ2v) is 13.3. The van der Waals surface area contributed by atoms with Crippen molar-refractivity contribution in [3.05, 3.63) is 78.4 Å². The molecule has 184 valence electrons. The average Bonchev–Trinajstić information content (AvgIpc) is 2.79. The number of rotatable bonds is 10. The first-order chi connectivity index (χ1) is 15.9. The van der Waals surface area contributed by atoms with E-state index in [2.05, 4.69) is 25.0 Å². The molecule has 1 N–H and O–H groups in total. The zero-order valence-corrected chi connectivity index (χ0v) is 20.7. The quantitative estimate of drug-likeness (QED) is 0.298. The highest BCUT2D eigenvalue weighted by molar-refractivity contribution is 6.90. The Morgan fingerprint density at radius 3 is 2.12 bits per heavy atom. The number of carbonyl (C=O) groups is 2. The standard InChI is InChI=1S/C25H30F3NO4Si/c1-6-16-34(4,5)20-14-12-18(13-15-20)21(17-22(30)32-2)29-23(31)24(33-3,25(26,27)28)19-10-8-7-9-11-19/h6-15,21H,1,16-17H2,2-5H3,(H,29,31)/t21-,24+/m0/s1. The van der Waals surface area contributed by atoms with Crippen molar-refractivity contribution < 1.29 is 32.2 Å². The molecule has 0 bridgehead atoms. The summed E-state index contributed by atoms with van der Waals surface area (Å²) < 4.78 is 52.4. The summed E-state index contributed by atoms with van der Waals surface area (Å²) in [5.74, 6) is -2.10. The third-order valence-electron chi connectivity index (χ3n) is 5.86. The van der Waals surface area contributed by atoms with E-state index in [-0.39, 0.29) is 12.0 Å². The SMILES string of the molecule is C=CC[Si](C)(C)c1ccc([C@H](CC(=O)OC)NC(=O)[C@](OC)(c2ccccc2)C(F)(F)F)cc1. The van der Waals surface area contributed by atoms with Crippen molar-refractivity contribution in [2.45, 2.75) is 43.4 Å². The topological polar surface area (TPSA) is 64.6 Å². The first-order valence-electron chi connectivity index (χ1n) is 10.7. The zero-order chi connectivity index (χ0) is 25.6. The van der Waals surface area contributed by atoms with Gasteiger partial charge in [0, 0.05) is 12.7 Å². The Morgan fingerprint density at radius 2 is 1.65 bits per heavy atom. The van der Waals surface area contributed by atoms with E-state index in [0.717, 1.165) is 18.3 Å². The number of alkyl halides is 3. The van der Waals surface area contributed by atoms with Gasteiger partial charge in [-0.3, -0.25) is 9.59 Å². The molecule has 2 aromatic rings. The fourth-order valence-electron chi connectivity index (χ4n) is 3.83. The molecule has 0 aromatic heterocycles. The zero-order valence-electron chi connectivity index (χ0n) is 19.7. The van der Waals surface area contributed by atoms with Crippen LogP contribution in [0.15, 0.2) is 67.3 Å². The molecular weight excluding hydrogens is 463 g/mol. The number of amides is 1. The maximum atomic E-state index is 14.3. The van der Waals surface area contributed by atoms with Crippen LogP contribution < -0.4 is 10.5 Å². The van der Waals surface area contributed by atoms with Crippen LogP contribution in [0.25, 0.3) is 0 Å². The molecule has 0 heterocycles. The molecule has 0 fully saturated rings. The number of halogens is 3. The van der Waals surface area contributed by atoms with E-state index in [1.807, 2.05) is 18.2 Å². The van der Waals surface area contributed by atoms with Crippen LogP contribution in [0.5, 0.6) is 0 Å². The normalized spacial score (nSPS) is 14.6. The van der Waals surface area contributed by atoms with Crippen LogP contribution in [-0.2, 0) is 24.7 Å². The predicted molar refractivity (Wildman–Crippen MR) is 127 cm³/mol. The van der Waals surface area contributed by atoms with Crippen LogP contribution in [-0.4, -0.2) is 40.3 Å². The van der Waals surface area contributed by atoms with Crippen molar-refractivity contribution in [2.75, 3.05) is 14.2 Å². The van der Waals surface area contributed by atoms with Crippen molar-refractivity contribution in [1.29, 1.82) is 0 Å². The molecule has 0 aliphatic carbocycles. The lowest BCUT2D eigenvalue weighted by atomic mass is 9.90. The van der Waals surface area contributed by atoms with Gasteiger partial charge in [0.05, 0.1) is 27.6 Å². The number of ether oxygens (including phenoxy) is 2. The lowest BCUT2D eigenvalue weighted by Gasteiger charge is -2.34. The third kappa shape index (κ3) is 5.77. The minimum atomic E-state index is -5.06. The molecule has 5 nitrogen and oxygen atoms in total. The summed E-state index contributed by atoms with van der Waals surface area (Å²) in [7, 11) is 0.225. The molecule has 0 aliphatic heterocycles. The minimum absolute atomic E-state index is 0.346. The molecule has 0 aliphatic rings. The lowest BCUT2D eigenvalue weighted by Crippen LogP contribution is -2.56. The molecule has 2 rings (SSSR count). The predicted octanol–water partition coefficient (Wildman–Crippen LogP) is 4.61. The van der Waals surface area contributed by atoms with Crippen LogP contribution in [0.2, 0.25) is 19.1 Å². The van der Waals surface area contributed by atoms with Crippen LogP contribution >= 0.6 is 0 Å². The van der Waals surface area contributed by atoms with Gasteiger partial charge in [0.25, 0.3) is 11.5 Å². The Hall–Kier alpha value is -2.91. The molecule has 0 radical (unpaired) electrons. The van der Waals surface area contributed by atoms with Crippen LogP contribution in [0.3, 0.4) is 0 Å². The van der Waals surface area contributed by atoms with E-state index in [1.54, 1.807) is 12.1 Å². The molecule has 0 spiro atoms. The van der Waals surface area contributed by atoms with Crippen molar-refractivity contribution in [2.24, 2.45) is 0 Å². The highest BCUT2D eigenvalue weighted by Gasteiger charge is 2.62. The summed E-state index contributed by atoms with van der Waals surface area (Å²) in [5, 5.41) is 3.51. The number of hydrogen-bond acceptors (Lipinski definition) is 4. The molecule has 9 heteroatoms. The number of esters is 1. The summed E-state index contributed by atoms with van der Waals surface area (Å²) in [6.45, 7) is 8.15. The summed E-state index contributed by atoms with van der Waals surface area (Å²) in [5.41, 5.74) is -3.14. The molecule has 0 unspecified atom stereocenters. The van der Waals surface area contributed by atoms with Gasteiger partial charge in [-0.05, 0) is 11.6 Å². The van der Waals surface area contributed by atoms with Gasteiger partial charge in [-0.1, -0.05) is 79.0 Å². The Bertz CT molecular complexity index is 993. The van der Waals surface area contributed by atoms with Crippen molar-refractivity contribution in [3.63, 3.8) is 0 Å². The number of nitrogens with one attached hydrogen (secondary N) is 1. The van der Waals surface area contributed by atoms with Gasteiger partial charge in [0.15, 0.2) is 0 Å². The van der Waals surface area contributed by atoms with Gasteiger partial charge in [0.2, 0.25) is 0 Å². The number of hydrogen-bond donors (Lipinski definition) is 1. The minimum Gasteiger partial charge on any atom is -0.469 e. The maximum Gasteiger partial charge on any atom is 0.430 e. The Morgan fingerprint density at radius 1 is 1.06 bits per heavy atom. The Labute approximate surface area is 199 Å². The highest BCUT2D eigenvalue weighted by Crippen LogP contribution is 2.42. The summed E-state index contributed by atoms with van der Waals surface area (Å²) >= 11 is 0. The second kappa shape index (κ2) is 11.0. The van der Waals surface area contributed by atoms with Gasteiger partial charge < -0.3 is 14.8 Å². The smallest absolute Gasteiger partial charge is 0.430 e. The highest BCUT2D eigenvalue weighted by atomic mass is 28.3. The van der Waals surface area contributed by atoms with Crippen molar-refractivity contribution in [1.82, 2.24) is 5.32 Å². The molecule has 2 atom stereocenters. The van der Waals surface area contributed by atoms with E-state index in [9.17, 15) is 22.8 Å². The van der Waals surface area contributed by atoms with Crippen molar-refractivity contribution in [3.8, 4) is 0 Å². The first-order valence-corrected chi connectivity index (χ1v) is 13.9. The molecule has 34 heavy (non-hydrogen) atoms. The van der Waals surface area contributed by atoms with E-state index < -0.39 is 37.8 Å². The van der Waals surface area contributed by atoms with Crippen LogP contribution in [0, 0.1) is 0 Å². The molecule has 1 amide bonds. The monoisotopic (exact) mass is 493 g/mol. The van der Waals surface area contributed by atoms with E-state index in [4.69, 9.17) is 9.47 Å².